The lowest BCUT2D eigenvalue weighted by atomic mass is 9.97. The highest BCUT2D eigenvalue weighted by molar-refractivity contribution is 6.46. The van der Waals surface area contributed by atoms with E-state index >= 15 is 0 Å². The summed E-state index contributed by atoms with van der Waals surface area (Å²) in [5.41, 5.74) is 1.48. The Labute approximate surface area is 168 Å². The van der Waals surface area contributed by atoms with Crippen LogP contribution in [-0.2, 0) is 20.7 Å². The molecule has 0 spiro atoms. The number of hydrogen-bond donors (Lipinski definition) is 1. The van der Waals surface area contributed by atoms with E-state index in [4.69, 9.17) is 13.9 Å². The van der Waals surface area contributed by atoms with E-state index in [2.05, 4.69) is 0 Å². The minimum absolute atomic E-state index is 0.0364. The molecule has 0 bridgehead atoms. The monoisotopic (exact) mass is 397 g/mol. The van der Waals surface area contributed by atoms with Gasteiger partial charge in [0.2, 0.25) is 0 Å². The van der Waals surface area contributed by atoms with Crippen LogP contribution in [0.5, 0.6) is 5.75 Å². The van der Waals surface area contributed by atoms with Gasteiger partial charge in [-0.3, -0.25) is 9.59 Å². The van der Waals surface area contributed by atoms with Crippen LogP contribution < -0.4 is 4.74 Å². The molecule has 29 heavy (non-hydrogen) atoms. The fourth-order valence-electron chi connectivity index (χ4n) is 3.96. The maximum Gasteiger partial charge on any atom is 0.295 e. The maximum absolute atomic E-state index is 12.8. The molecule has 1 N–H and O–H groups in total. The number of benzene rings is 1. The van der Waals surface area contributed by atoms with Gasteiger partial charge in [0.25, 0.3) is 11.7 Å². The molecule has 2 aliphatic rings. The minimum Gasteiger partial charge on any atom is -0.507 e. The number of hydrogen-bond acceptors (Lipinski definition) is 6. The van der Waals surface area contributed by atoms with E-state index in [-0.39, 0.29) is 17.4 Å². The average Bonchev–Trinajstić information content (AvgIpc) is 3.41. The molecule has 7 heteroatoms. The number of fused-ring (bicyclic) bond motifs is 1. The third kappa shape index (κ3) is 3.42. The molecule has 2 atom stereocenters. The minimum atomic E-state index is -0.773. The van der Waals surface area contributed by atoms with Crippen LogP contribution in [-0.4, -0.2) is 48.1 Å². The summed E-state index contributed by atoms with van der Waals surface area (Å²) in [6.07, 6.45) is 2.84. The second-order valence-electron chi connectivity index (χ2n) is 7.31. The Bertz CT molecular complexity index is 962. The smallest absolute Gasteiger partial charge is 0.295 e. The Morgan fingerprint density at radius 3 is 2.86 bits per heavy atom. The molecule has 1 fully saturated rings. The summed E-state index contributed by atoms with van der Waals surface area (Å²) in [6.45, 7) is 2.75. The summed E-state index contributed by atoms with van der Waals surface area (Å²) >= 11 is 0. The first-order valence-electron chi connectivity index (χ1n) is 9.62. The first-order valence-corrected chi connectivity index (χ1v) is 9.62. The predicted molar refractivity (Wildman–Crippen MR) is 104 cm³/mol. The number of likely N-dealkylation sites (tertiary alicyclic amines) is 1. The predicted octanol–water partition coefficient (Wildman–Crippen LogP) is 3.06. The molecule has 1 aromatic heterocycles. The lowest BCUT2D eigenvalue weighted by Gasteiger charge is -2.23. The van der Waals surface area contributed by atoms with Crippen LogP contribution >= 0.6 is 0 Å². The Balaban J connectivity index is 1.76. The number of methoxy groups -OCH3 is 1. The topological polar surface area (TPSA) is 89.2 Å². The molecule has 0 aliphatic carbocycles. The molecular weight excluding hydrogens is 374 g/mol. The number of ether oxygens (including phenoxy) is 2. The molecule has 1 saturated heterocycles. The summed E-state index contributed by atoms with van der Waals surface area (Å²) in [4.78, 5) is 27.0. The molecular formula is C22H23NO6. The lowest BCUT2D eigenvalue weighted by Crippen LogP contribution is -2.31. The van der Waals surface area contributed by atoms with E-state index in [9.17, 15) is 14.7 Å². The maximum atomic E-state index is 12.8. The molecule has 3 heterocycles. The van der Waals surface area contributed by atoms with Crippen molar-refractivity contribution >= 4 is 17.4 Å². The van der Waals surface area contributed by atoms with Gasteiger partial charge in [-0.05, 0) is 49.2 Å². The third-order valence-corrected chi connectivity index (χ3v) is 5.27. The number of rotatable bonds is 6. The van der Waals surface area contributed by atoms with Crippen LogP contribution in [0.1, 0.15) is 36.3 Å². The molecule has 1 amide bonds. The van der Waals surface area contributed by atoms with Crippen molar-refractivity contribution in [3.05, 3.63) is 59.1 Å². The van der Waals surface area contributed by atoms with E-state index in [1.165, 1.54) is 11.2 Å². The first-order chi connectivity index (χ1) is 14.0. The first kappa shape index (κ1) is 19.3. The number of furan rings is 1. The van der Waals surface area contributed by atoms with Crippen molar-refractivity contribution in [3.63, 3.8) is 0 Å². The number of Topliss-reactive ketones (excluding diaryl/α,β-unsaturated/α-hetero) is 1. The Morgan fingerprint density at radius 1 is 1.31 bits per heavy atom. The molecule has 1 aromatic carbocycles. The second-order valence-corrected chi connectivity index (χ2v) is 7.31. The second kappa shape index (κ2) is 7.75. The zero-order valence-corrected chi connectivity index (χ0v) is 16.4. The summed E-state index contributed by atoms with van der Waals surface area (Å²) in [7, 11) is 1.58. The van der Waals surface area contributed by atoms with Gasteiger partial charge in [0, 0.05) is 32.2 Å². The number of carbonyl (C=O) groups excluding carboxylic acids is 2. The molecule has 0 radical (unpaired) electrons. The van der Waals surface area contributed by atoms with Gasteiger partial charge < -0.3 is 23.9 Å². The largest absolute Gasteiger partial charge is 0.507 e. The number of nitrogens with zero attached hydrogens (tertiary/aromatic N) is 1. The number of aliphatic hydroxyl groups excluding tert-OH is 1. The van der Waals surface area contributed by atoms with Crippen LogP contribution in [0.3, 0.4) is 0 Å². The molecule has 152 valence electrons. The van der Waals surface area contributed by atoms with Gasteiger partial charge >= 0.3 is 0 Å². The van der Waals surface area contributed by atoms with Gasteiger partial charge in [0.05, 0.1) is 11.8 Å². The zero-order valence-electron chi connectivity index (χ0n) is 16.4. The average molecular weight is 397 g/mol. The summed E-state index contributed by atoms with van der Waals surface area (Å²) < 4.78 is 16.3. The van der Waals surface area contributed by atoms with Gasteiger partial charge in [-0.1, -0.05) is 0 Å². The quantitative estimate of drug-likeness (QED) is 0.349. The number of carbonyl (C=O) groups is 2. The van der Waals surface area contributed by atoms with Crippen LogP contribution in [0.2, 0.25) is 0 Å². The molecule has 2 aromatic rings. The van der Waals surface area contributed by atoms with E-state index in [1.54, 1.807) is 31.4 Å². The van der Waals surface area contributed by atoms with Crippen molar-refractivity contribution in [2.45, 2.75) is 31.9 Å². The standard InChI is InChI=1S/C22H23NO6/c1-13-11-15-12-14(6-7-16(15)29-13)20(24)18-19(17-5-3-10-28-17)23(8-4-9-27-2)22(26)21(18)25/h3,5-7,10,12-13,19,24H,4,8-9,11H2,1-2H3. The van der Waals surface area contributed by atoms with Crippen molar-refractivity contribution in [2.75, 3.05) is 20.3 Å². The van der Waals surface area contributed by atoms with Crippen molar-refractivity contribution in [2.24, 2.45) is 0 Å². The van der Waals surface area contributed by atoms with Crippen molar-refractivity contribution in [1.29, 1.82) is 0 Å². The zero-order chi connectivity index (χ0) is 20.5. The third-order valence-electron chi connectivity index (χ3n) is 5.27. The summed E-state index contributed by atoms with van der Waals surface area (Å²) in [5, 5.41) is 11.0. The molecule has 7 nitrogen and oxygen atoms in total. The van der Waals surface area contributed by atoms with Crippen molar-refractivity contribution < 1.29 is 28.6 Å². The fraction of sp³-hybridized carbons (Fsp3) is 0.364. The molecule has 4 rings (SSSR count). The highest BCUT2D eigenvalue weighted by Gasteiger charge is 2.47. The van der Waals surface area contributed by atoms with Gasteiger partial charge in [-0.25, -0.2) is 0 Å². The van der Waals surface area contributed by atoms with E-state index in [1.807, 2.05) is 13.0 Å². The molecule has 2 aliphatic heterocycles. The number of ketones is 1. The molecule has 0 saturated carbocycles. The Kier molecular flexibility index (Phi) is 5.15. The normalized spacial score (nSPS) is 22.8. The van der Waals surface area contributed by atoms with Crippen molar-refractivity contribution in [1.82, 2.24) is 4.90 Å². The fourth-order valence-corrected chi connectivity index (χ4v) is 3.96. The van der Waals surface area contributed by atoms with Crippen molar-refractivity contribution in [3.8, 4) is 5.75 Å². The van der Waals surface area contributed by atoms with Crippen LogP contribution in [0.25, 0.3) is 5.76 Å². The van der Waals surface area contributed by atoms with Gasteiger partial charge in [0.1, 0.15) is 29.4 Å². The number of amides is 1. The Morgan fingerprint density at radius 2 is 2.14 bits per heavy atom. The van der Waals surface area contributed by atoms with E-state index in [0.29, 0.717) is 30.9 Å². The van der Waals surface area contributed by atoms with E-state index < -0.39 is 17.7 Å². The SMILES string of the molecule is COCCCN1C(=O)C(=O)C(=C(O)c2ccc3c(c2)CC(C)O3)C1c1ccco1. The summed E-state index contributed by atoms with van der Waals surface area (Å²) in [6, 6.07) is 7.91. The van der Waals surface area contributed by atoms with Gasteiger partial charge in [-0.2, -0.15) is 0 Å². The lowest BCUT2D eigenvalue weighted by molar-refractivity contribution is -0.140. The summed E-state index contributed by atoms with van der Waals surface area (Å²) in [5.74, 6) is -0.368. The van der Waals surface area contributed by atoms with Gasteiger partial charge in [0.15, 0.2) is 0 Å². The van der Waals surface area contributed by atoms with E-state index in [0.717, 1.165) is 17.7 Å². The highest BCUT2D eigenvalue weighted by atomic mass is 16.5. The number of aliphatic hydroxyl groups is 1. The van der Waals surface area contributed by atoms with Gasteiger partial charge in [-0.15, -0.1) is 0 Å². The molecule has 2 unspecified atom stereocenters. The van der Waals surface area contributed by atoms with Crippen LogP contribution in [0.15, 0.2) is 46.6 Å². The van der Waals surface area contributed by atoms with Crippen LogP contribution in [0.4, 0.5) is 0 Å². The highest BCUT2D eigenvalue weighted by Crippen LogP contribution is 2.40. The van der Waals surface area contributed by atoms with Crippen LogP contribution in [0, 0.1) is 0 Å². The Hall–Kier alpha value is -3.06.